The fourth-order valence-electron chi connectivity index (χ4n) is 2.83. The quantitative estimate of drug-likeness (QED) is 0.827. The normalized spacial score (nSPS) is 18.6. The number of nitrogens with one attached hydrogen (secondary N) is 1. The summed E-state index contributed by atoms with van der Waals surface area (Å²) in [6.07, 6.45) is 5.93. The monoisotopic (exact) mass is 276 g/mol. The van der Waals surface area contributed by atoms with E-state index in [0.29, 0.717) is 0 Å². The van der Waals surface area contributed by atoms with E-state index in [1.165, 1.54) is 19.3 Å². The fraction of sp³-hybridized carbons (Fsp3) is 0.750. The number of hydrogen-bond donors (Lipinski definition) is 1. The number of nitrogens with zero attached hydrogens (tertiary/aromatic N) is 3. The molecule has 1 aliphatic rings. The van der Waals surface area contributed by atoms with Gasteiger partial charge in [-0.05, 0) is 25.2 Å². The van der Waals surface area contributed by atoms with E-state index >= 15 is 0 Å². The fourth-order valence-corrected chi connectivity index (χ4v) is 2.83. The summed E-state index contributed by atoms with van der Waals surface area (Å²) in [4.78, 5) is 11.7. The maximum Gasteiger partial charge on any atom is 0.134 e. The van der Waals surface area contributed by atoms with E-state index < -0.39 is 0 Å². The molecule has 1 unspecified atom stereocenters. The molecule has 0 aliphatic carbocycles. The van der Waals surface area contributed by atoms with Crippen LogP contribution in [-0.2, 0) is 6.42 Å². The molecule has 112 valence electrons. The molecule has 0 bridgehead atoms. The zero-order valence-electron chi connectivity index (χ0n) is 13.2. The second kappa shape index (κ2) is 7.46. The third-order valence-corrected chi connectivity index (χ3v) is 3.94. The zero-order chi connectivity index (χ0) is 14.4. The highest BCUT2D eigenvalue weighted by Crippen LogP contribution is 2.26. The predicted molar refractivity (Wildman–Crippen MR) is 85.4 cm³/mol. The van der Waals surface area contributed by atoms with Gasteiger partial charge in [-0.1, -0.05) is 27.2 Å². The van der Waals surface area contributed by atoms with Crippen LogP contribution in [-0.4, -0.2) is 29.6 Å². The van der Waals surface area contributed by atoms with Crippen molar-refractivity contribution in [2.45, 2.75) is 52.9 Å². The summed E-state index contributed by atoms with van der Waals surface area (Å²) in [6, 6.07) is 2.11. The smallest absolute Gasteiger partial charge is 0.134 e. The van der Waals surface area contributed by atoms with E-state index in [0.717, 1.165) is 55.9 Å². The van der Waals surface area contributed by atoms with Crippen LogP contribution in [0.5, 0.6) is 0 Å². The molecule has 4 nitrogen and oxygen atoms in total. The zero-order valence-corrected chi connectivity index (χ0v) is 13.2. The van der Waals surface area contributed by atoms with E-state index in [4.69, 9.17) is 4.98 Å². The van der Waals surface area contributed by atoms with Crippen LogP contribution >= 0.6 is 0 Å². The van der Waals surface area contributed by atoms with Crippen LogP contribution in [0.1, 0.15) is 52.3 Å². The van der Waals surface area contributed by atoms with Gasteiger partial charge in [0.05, 0.1) is 0 Å². The Kier molecular flexibility index (Phi) is 5.62. The van der Waals surface area contributed by atoms with Gasteiger partial charge in [-0.3, -0.25) is 0 Å². The molecule has 2 heterocycles. The first-order chi connectivity index (χ1) is 9.76. The van der Waals surface area contributed by atoms with Crippen LogP contribution < -0.4 is 10.2 Å². The lowest BCUT2D eigenvalue weighted by Gasteiger charge is -2.19. The SMILES string of the molecule is CCCNc1cc(N2CCC(CCC)C2)nc(CC)n1. The Balaban J connectivity index is 2.10. The number of aromatic nitrogens is 2. The third kappa shape index (κ3) is 3.84. The van der Waals surface area contributed by atoms with Crippen LogP contribution in [0.3, 0.4) is 0 Å². The van der Waals surface area contributed by atoms with E-state index in [-0.39, 0.29) is 0 Å². The summed E-state index contributed by atoms with van der Waals surface area (Å²) in [5, 5.41) is 3.39. The summed E-state index contributed by atoms with van der Waals surface area (Å²) < 4.78 is 0. The van der Waals surface area contributed by atoms with Gasteiger partial charge in [0.1, 0.15) is 17.5 Å². The van der Waals surface area contributed by atoms with E-state index in [1.54, 1.807) is 0 Å². The highest BCUT2D eigenvalue weighted by molar-refractivity contribution is 5.50. The first kappa shape index (κ1) is 15.1. The molecule has 20 heavy (non-hydrogen) atoms. The maximum absolute atomic E-state index is 4.71. The van der Waals surface area contributed by atoms with Crippen molar-refractivity contribution in [1.29, 1.82) is 0 Å². The van der Waals surface area contributed by atoms with Crippen LogP contribution in [0.2, 0.25) is 0 Å². The minimum atomic E-state index is 0.840. The largest absolute Gasteiger partial charge is 0.370 e. The molecule has 0 aromatic carbocycles. The first-order valence-corrected chi connectivity index (χ1v) is 8.13. The molecule has 0 radical (unpaired) electrons. The van der Waals surface area contributed by atoms with Crippen molar-refractivity contribution in [3.05, 3.63) is 11.9 Å². The second-order valence-electron chi connectivity index (χ2n) is 5.70. The molecule has 1 aromatic heterocycles. The molecule has 4 heteroatoms. The van der Waals surface area contributed by atoms with Gasteiger partial charge in [0.25, 0.3) is 0 Å². The minimum Gasteiger partial charge on any atom is -0.370 e. The molecule has 1 aromatic rings. The summed E-state index contributed by atoms with van der Waals surface area (Å²) in [5.74, 6) is 3.87. The van der Waals surface area contributed by atoms with Crippen molar-refractivity contribution < 1.29 is 0 Å². The Morgan fingerprint density at radius 1 is 1.25 bits per heavy atom. The Bertz CT molecular complexity index is 419. The molecule has 0 saturated carbocycles. The highest BCUT2D eigenvalue weighted by atomic mass is 15.2. The van der Waals surface area contributed by atoms with Gasteiger partial charge >= 0.3 is 0 Å². The van der Waals surface area contributed by atoms with Crippen molar-refractivity contribution in [1.82, 2.24) is 9.97 Å². The summed E-state index contributed by atoms with van der Waals surface area (Å²) in [6.45, 7) is 9.82. The highest BCUT2D eigenvalue weighted by Gasteiger charge is 2.23. The van der Waals surface area contributed by atoms with Crippen LogP contribution in [0.25, 0.3) is 0 Å². The minimum absolute atomic E-state index is 0.840. The molecule has 0 spiro atoms. The second-order valence-corrected chi connectivity index (χ2v) is 5.70. The number of anilines is 2. The maximum atomic E-state index is 4.71. The number of rotatable bonds is 7. The summed E-state index contributed by atoms with van der Waals surface area (Å²) in [5.41, 5.74) is 0. The molecule has 1 aliphatic heterocycles. The standard InChI is InChI=1S/C16H28N4/c1-4-7-13-8-10-20(12-13)16-11-15(17-9-5-2)18-14(6-3)19-16/h11,13H,4-10,12H2,1-3H3,(H,17,18,19). The molecule has 1 atom stereocenters. The van der Waals surface area contributed by atoms with Crippen molar-refractivity contribution in [2.75, 3.05) is 29.9 Å². The van der Waals surface area contributed by atoms with Crippen molar-refractivity contribution in [3.63, 3.8) is 0 Å². The molecule has 2 rings (SSSR count). The lowest BCUT2D eigenvalue weighted by molar-refractivity contribution is 0.529. The van der Waals surface area contributed by atoms with Crippen molar-refractivity contribution >= 4 is 11.6 Å². The molecule has 1 fully saturated rings. The third-order valence-electron chi connectivity index (χ3n) is 3.94. The Hall–Kier alpha value is -1.32. The van der Waals surface area contributed by atoms with Crippen molar-refractivity contribution in [3.8, 4) is 0 Å². The topological polar surface area (TPSA) is 41.0 Å². The van der Waals surface area contributed by atoms with E-state index in [9.17, 15) is 0 Å². The van der Waals surface area contributed by atoms with Crippen molar-refractivity contribution in [2.24, 2.45) is 5.92 Å². The van der Waals surface area contributed by atoms with Gasteiger partial charge in [-0.25, -0.2) is 9.97 Å². The van der Waals surface area contributed by atoms with Crippen LogP contribution in [0.4, 0.5) is 11.6 Å². The Morgan fingerprint density at radius 3 is 2.80 bits per heavy atom. The lowest BCUT2D eigenvalue weighted by Crippen LogP contribution is -2.22. The molecule has 1 saturated heterocycles. The van der Waals surface area contributed by atoms with Gasteiger partial charge in [-0.2, -0.15) is 0 Å². The van der Waals surface area contributed by atoms with Gasteiger partial charge < -0.3 is 10.2 Å². The molecule has 1 N–H and O–H groups in total. The van der Waals surface area contributed by atoms with Gasteiger partial charge in [-0.15, -0.1) is 0 Å². The molecular formula is C16H28N4. The molecule has 0 amide bonds. The van der Waals surface area contributed by atoms with Gasteiger partial charge in [0.2, 0.25) is 0 Å². The van der Waals surface area contributed by atoms with Crippen LogP contribution in [0.15, 0.2) is 6.07 Å². The summed E-state index contributed by atoms with van der Waals surface area (Å²) in [7, 11) is 0. The van der Waals surface area contributed by atoms with E-state index in [1.807, 2.05) is 0 Å². The predicted octanol–water partition coefficient (Wildman–Crippen LogP) is 3.49. The number of hydrogen-bond acceptors (Lipinski definition) is 4. The average Bonchev–Trinajstić information content (AvgIpc) is 2.94. The first-order valence-electron chi connectivity index (χ1n) is 8.13. The average molecular weight is 276 g/mol. The van der Waals surface area contributed by atoms with Gasteiger partial charge in [0.15, 0.2) is 0 Å². The summed E-state index contributed by atoms with van der Waals surface area (Å²) >= 11 is 0. The van der Waals surface area contributed by atoms with Gasteiger partial charge in [0, 0.05) is 32.1 Å². The molecular weight excluding hydrogens is 248 g/mol. The number of aryl methyl sites for hydroxylation is 1. The Labute approximate surface area is 123 Å². The van der Waals surface area contributed by atoms with E-state index in [2.05, 4.69) is 42.0 Å². The van der Waals surface area contributed by atoms with Crippen LogP contribution in [0, 0.1) is 5.92 Å². The Morgan fingerprint density at radius 2 is 2.10 bits per heavy atom. The lowest BCUT2D eigenvalue weighted by atomic mass is 10.0.